The summed E-state index contributed by atoms with van der Waals surface area (Å²) in [6.07, 6.45) is 0. The molecule has 0 bridgehead atoms. The van der Waals surface area contributed by atoms with Crippen LogP contribution in [0.25, 0.3) is 22.6 Å². The second-order valence-corrected chi connectivity index (χ2v) is 4.20. The highest BCUT2D eigenvalue weighted by atomic mass is 35.5. The van der Waals surface area contributed by atoms with E-state index in [1.807, 2.05) is 12.1 Å². The minimum atomic E-state index is -0.346. The Labute approximate surface area is 108 Å². The van der Waals surface area contributed by atoms with E-state index in [0.29, 0.717) is 22.5 Å². The number of halogens is 2. The molecule has 90 valence electrons. The number of aromatic nitrogens is 1. The fourth-order valence-electron chi connectivity index (χ4n) is 1.81. The van der Waals surface area contributed by atoms with Crippen molar-refractivity contribution < 1.29 is 8.81 Å². The minimum Gasteiger partial charge on any atom is -0.436 e. The number of fused-ring (bicyclic) bond motifs is 1. The molecule has 0 amide bonds. The van der Waals surface area contributed by atoms with Crippen molar-refractivity contribution in [2.75, 3.05) is 0 Å². The Balaban J connectivity index is 2.17. The number of oxazole rings is 1. The third kappa shape index (κ3) is 1.87. The van der Waals surface area contributed by atoms with Crippen LogP contribution in [0.2, 0.25) is 0 Å². The molecule has 1 aromatic heterocycles. The molecule has 18 heavy (non-hydrogen) atoms. The topological polar surface area (TPSA) is 26.0 Å². The maximum Gasteiger partial charge on any atom is 0.230 e. The molecule has 4 heteroatoms. The van der Waals surface area contributed by atoms with Gasteiger partial charge in [-0.1, -0.05) is 18.2 Å². The predicted molar refractivity (Wildman–Crippen MR) is 69.0 cm³/mol. The average Bonchev–Trinajstić information content (AvgIpc) is 2.81. The van der Waals surface area contributed by atoms with Crippen molar-refractivity contribution in [3.05, 3.63) is 53.8 Å². The molecule has 0 aliphatic heterocycles. The van der Waals surface area contributed by atoms with Crippen LogP contribution in [0.3, 0.4) is 0 Å². The lowest BCUT2D eigenvalue weighted by Crippen LogP contribution is -1.82. The van der Waals surface area contributed by atoms with Crippen LogP contribution in [0.5, 0.6) is 0 Å². The maximum absolute atomic E-state index is 13.6. The molecule has 0 aliphatic carbocycles. The smallest absolute Gasteiger partial charge is 0.230 e. The molecular weight excluding hydrogens is 253 g/mol. The van der Waals surface area contributed by atoms with Crippen molar-refractivity contribution in [2.24, 2.45) is 0 Å². The number of alkyl halides is 1. The van der Waals surface area contributed by atoms with E-state index in [9.17, 15) is 4.39 Å². The van der Waals surface area contributed by atoms with Gasteiger partial charge < -0.3 is 4.42 Å². The standard InChI is InChI=1S/C14H9ClFNO/c15-8-9-5-6-13-12(7-9)17-14(18-13)10-3-1-2-4-11(10)16/h1-7H,8H2. The van der Waals surface area contributed by atoms with Crippen molar-refractivity contribution in [1.82, 2.24) is 4.98 Å². The van der Waals surface area contributed by atoms with E-state index >= 15 is 0 Å². The molecule has 3 aromatic rings. The van der Waals surface area contributed by atoms with Crippen LogP contribution in [0.15, 0.2) is 46.9 Å². The first-order chi connectivity index (χ1) is 8.78. The summed E-state index contributed by atoms with van der Waals surface area (Å²) >= 11 is 5.76. The summed E-state index contributed by atoms with van der Waals surface area (Å²) in [6.45, 7) is 0. The quantitative estimate of drug-likeness (QED) is 0.640. The van der Waals surface area contributed by atoms with Gasteiger partial charge in [-0.25, -0.2) is 9.37 Å². The van der Waals surface area contributed by atoms with E-state index in [2.05, 4.69) is 4.98 Å². The van der Waals surface area contributed by atoms with Gasteiger partial charge in [-0.3, -0.25) is 0 Å². The normalized spacial score (nSPS) is 11.0. The monoisotopic (exact) mass is 261 g/mol. The van der Waals surface area contributed by atoms with Gasteiger partial charge in [-0.05, 0) is 29.8 Å². The van der Waals surface area contributed by atoms with Gasteiger partial charge in [0.25, 0.3) is 0 Å². The molecule has 0 spiro atoms. The van der Waals surface area contributed by atoms with Gasteiger partial charge in [0.2, 0.25) is 5.89 Å². The van der Waals surface area contributed by atoms with Crippen molar-refractivity contribution >= 4 is 22.7 Å². The molecule has 0 atom stereocenters. The highest BCUT2D eigenvalue weighted by molar-refractivity contribution is 6.17. The van der Waals surface area contributed by atoms with E-state index < -0.39 is 0 Å². The Hall–Kier alpha value is -1.87. The summed E-state index contributed by atoms with van der Waals surface area (Å²) in [5.41, 5.74) is 2.63. The first kappa shape index (κ1) is 11.2. The van der Waals surface area contributed by atoms with Crippen LogP contribution < -0.4 is 0 Å². The largest absolute Gasteiger partial charge is 0.436 e. The zero-order valence-corrected chi connectivity index (χ0v) is 10.1. The van der Waals surface area contributed by atoms with Crippen LogP contribution in [0.4, 0.5) is 4.39 Å². The molecule has 0 saturated heterocycles. The zero-order valence-electron chi connectivity index (χ0n) is 9.36. The van der Waals surface area contributed by atoms with E-state index in [1.165, 1.54) is 6.07 Å². The molecule has 0 radical (unpaired) electrons. The maximum atomic E-state index is 13.6. The van der Waals surface area contributed by atoms with Crippen LogP contribution in [-0.4, -0.2) is 4.98 Å². The van der Waals surface area contributed by atoms with Gasteiger partial charge >= 0.3 is 0 Å². The minimum absolute atomic E-state index is 0.287. The zero-order chi connectivity index (χ0) is 12.5. The first-order valence-corrected chi connectivity index (χ1v) is 6.02. The van der Waals surface area contributed by atoms with Crippen LogP contribution in [0.1, 0.15) is 5.56 Å². The van der Waals surface area contributed by atoms with E-state index in [0.717, 1.165) is 5.56 Å². The van der Waals surface area contributed by atoms with Gasteiger partial charge in [0.15, 0.2) is 5.58 Å². The van der Waals surface area contributed by atoms with Gasteiger partial charge in [0.05, 0.1) is 5.56 Å². The molecular formula is C14H9ClFNO. The van der Waals surface area contributed by atoms with Crippen LogP contribution >= 0.6 is 11.6 Å². The van der Waals surface area contributed by atoms with E-state index in [4.69, 9.17) is 16.0 Å². The average molecular weight is 262 g/mol. The Morgan fingerprint density at radius 2 is 2.00 bits per heavy atom. The lowest BCUT2D eigenvalue weighted by Gasteiger charge is -1.95. The Bertz CT molecular complexity index is 708. The molecule has 2 aromatic carbocycles. The number of rotatable bonds is 2. The second-order valence-electron chi connectivity index (χ2n) is 3.93. The summed E-state index contributed by atoms with van der Waals surface area (Å²) in [6, 6.07) is 11.9. The second kappa shape index (κ2) is 4.42. The Morgan fingerprint density at radius 1 is 1.17 bits per heavy atom. The van der Waals surface area contributed by atoms with Crippen molar-refractivity contribution in [3.63, 3.8) is 0 Å². The van der Waals surface area contributed by atoms with Crippen LogP contribution in [-0.2, 0) is 5.88 Å². The van der Waals surface area contributed by atoms with Gasteiger partial charge in [0.1, 0.15) is 11.3 Å². The summed E-state index contributed by atoms with van der Waals surface area (Å²) in [7, 11) is 0. The molecule has 0 aliphatic rings. The number of nitrogens with zero attached hydrogens (tertiary/aromatic N) is 1. The summed E-state index contributed by atoms with van der Waals surface area (Å²) in [5, 5.41) is 0. The summed E-state index contributed by atoms with van der Waals surface area (Å²) in [5.74, 6) is 0.356. The van der Waals surface area contributed by atoms with Gasteiger partial charge in [-0.15, -0.1) is 11.6 Å². The number of hydrogen-bond acceptors (Lipinski definition) is 2. The van der Waals surface area contributed by atoms with Crippen molar-refractivity contribution in [3.8, 4) is 11.5 Å². The van der Waals surface area contributed by atoms with Crippen molar-refractivity contribution in [2.45, 2.75) is 5.88 Å². The SMILES string of the molecule is Fc1ccccc1-c1nc2cc(CCl)ccc2o1. The molecule has 2 nitrogen and oxygen atoms in total. The third-order valence-corrected chi connectivity index (χ3v) is 3.02. The molecule has 0 fully saturated rings. The van der Waals surface area contributed by atoms with Crippen LogP contribution in [0, 0.1) is 5.82 Å². The summed E-state index contributed by atoms with van der Waals surface area (Å²) < 4.78 is 19.2. The number of hydrogen-bond donors (Lipinski definition) is 0. The number of benzene rings is 2. The van der Waals surface area contributed by atoms with Gasteiger partial charge in [-0.2, -0.15) is 0 Å². The fourth-order valence-corrected chi connectivity index (χ4v) is 1.97. The van der Waals surface area contributed by atoms with Gasteiger partial charge in [0, 0.05) is 5.88 Å². The summed E-state index contributed by atoms with van der Waals surface area (Å²) in [4.78, 5) is 4.29. The molecule has 0 saturated carbocycles. The third-order valence-electron chi connectivity index (χ3n) is 2.71. The van der Waals surface area contributed by atoms with E-state index in [-0.39, 0.29) is 11.7 Å². The molecule has 3 rings (SSSR count). The predicted octanol–water partition coefficient (Wildman–Crippen LogP) is 4.37. The molecule has 0 N–H and O–H groups in total. The lowest BCUT2D eigenvalue weighted by atomic mass is 10.2. The highest BCUT2D eigenvalue weighted by Gasteiger charge is 2.12. The lowest BCUT2D eigenvalue weighted by molar-refractivity contribution is 0.593. The Kier molecular flexibility index (Phi) is 2.76. The molecule has 1 heterocycles. The first-order valence-electron chi connectivity index (χ1n) is 5.48. The fraction of sp³-hybridized carbons (Fsp3) is 0.0714. The molecule has 0 unspecified atom stereocenters. The van der Waals surface area contributed by atoms with Crippen molar-refractivity contribution in [1.29, 1.82) is 0 Å². The van der Waals surface area contributed by atoms with E-state index in [1.54, 1.807) is 24.3 Å². The Morgan fingerprint density at radius 3 is 2.78 bits per heavy atom. The highest BCUT2D eigenvalue weighted by Crippen LogP contribution is 2.26.